The fourth-order valence-electron chi connectivity index (χ4n) is 2.88. The molecule has 164 valence electrons. The number of amides is 2. The van der Waals surface area contributed by atoms with Crippen LogP contribution >= 0.6 is 0 Å². The van der Waals surface area contributed by atoms with Crippen LogP contribution < -0.4 is 10.6 Å². The number of benzene rings is 2. The molecule has 0 aliphatic heterocycles. The van der Waals surface area contributed by atoms with Crippen molar-refractivity contribution in [1.29, 1.82) is 0 Å². The SMILES string of the molecule is COC(=O)C(Cc1ccccc1)NC(=O)C(CC(=O)OCc1ccccc1)NC(C)=O. The standard InChI is InChI=1S/C23H26N2O6/c1-16(26)24-19(14-21(27)31-15-18-11-7-4-8-12-18)22(28)25-20(23(29)30-2)13-17-9-5-3-6-10-17/h3-12,19-20H,13-15H2,1-2H3,(H,24,26)(H,25,28). The Morgan fingerprint density at radius 2 is 1.42 bits per heavy atom. The summed E-state index contributed by atoms with van der Waals surface area (Å²) < 4.78 is 9.98. The molecule has 2 N–H and O–H groups in total. The maximum Gasteiger partial charge on any atom is 0.328 e. The number of nitrogens with one attached hydrogen (secondary N) is 2. The van der Waals surface area contributed by atoms with Crippen LogP contribution in [0.2, 0.25) is 0 Å². The van der Waals surface area contributed by atoms with E-state index in [1.807, 2.05) is 48.5 Å². The lowest BCUT2D eigenvalue weighted by Crippen LogP contribution is -2.52. The van der Waals surface area contributed by atoms with Gasteiger partial charge in [0.15, 0.2) is 0 Å². The Hall–Kier alpha value is -3.68. The number of hydrogen-bond donors (Lipinski definition) is 2. The molecule has 0 radical (unpaired) electrons. The van der Waals surface area contributed by atoms with Crippen LogP contribution in [-0.4, -0.2) is 42.9 Å². The van der Waals surface area contributed by atoms with E-state index in [1.54, 1.807) is 12.1 Å². The van der Waals surface area contributed by atoms with E-state index in [0.29, 0.717) is 0 Å². The molecule has 0 heterocycles. The zero-order valence-electron chi connectivity index (χ0n) is 17.5. The van der Waals surface area contributed by atoms with Gasteiger partial charge in [0.05, 0.1) is 13.5 Å². The highest BCUT2D eigenvalue weighted by atomic mass is 16.5. The summed E-state index contributed by atoms with van der Waals surface area (Å²) >= 11 is 0. The zero-order chi connectivity index (χ0) is 22.6. The first-order chi connectivity index (χ1) is 14.9. The molecular weight excluding hydrogens is 400 g/mol. The van der Waals surface area contributed by atoms with Crippen LogP contribution in [0.1, 0.15) is 24.5 Å². The lowest BCUT2D eigenvalue weighted by molar-refractivity contribution is -0.148. The summed E-state index contributed by atoms with van der Waals surface area (Å²) in [5.41, 5.74) is 1.61. The summed E-state index contributed by atoms with van der Waals surface area (Å²) in [6.07, 6.45) is -0.179. The molecule has 2 unspecified atom stereocenters. The van der Waals surface area contributed by atoms with Gasteiger partial charge >= 0.3 is 11.9 Å². The minimum Gasteiger partial charge on any atom is -0.467 e. The highest BCUT2D eigenvalue weighted by Gasteiger charge is 2.29. The van der Waals surface area contributed by atoms with Gasteiger partial charge in [-0.3, -0.25) is 14.4 Å². The molecule has 31 heavy (non-hydrogen) atoms. The van der Waals surface area contributed by atoms with Crippen molar-refractivity contribution in [2.45, 2.75) is 38.5 Å². The number of hydrogen-bond acceptors (Lipinski definition) is 6. The molecule has 0 saturated heterocycles. The van der Waals surface area contributed by atoms with E-state index < -0.39 is 35.8 Å². The quantitative estimate of drug-likeness (QED) is 0.558. The number of rotatable bonds is 10. The molecular formula is C23H26N2O6. The lowest BCUT2D eigenvalue weighted by Gasteiger charge is -2.21. The van der Waals surface area contributed by atoms with Crippen molar-refractivity contribution in [3.05, 3.63) is 71.8 Å². The summed E-state index contributed by atoms with van der Waals surface area (Å²) in [4.78, 5) is 48.7. The van der Waals surface area contributed by atoms with E-state index in [-0.39, 0.29) is 19.4 Å². The van der Waals surface area contributed by atoms with Gasteiger partial charge in [-0.05, 0) is 11.1 Å². The van der Waals surface area contributed by atoms with Crippen LogP contribution in [-0.2, 0) is 41.7 Å². The molecule has 2 atom stereocenters. The summed E-state index contributed by atoms with van der Waals surface area (Å²) in [6, 6.07) is 16.0. The van der Waals surface area contributed by atoms with Crippen molar-refractivity contribution >= 4 is 23.8 Å². The van der Waals surface area contributed by atoms with Crippen molar-refractivity contribution < 1.29 is 28.7 Å². The van der Waals surface area contributed by atoms with Crippen LogP contribution in [0.3, 0.4) is 0 Å². The van der Waals surface area contributed by atoms with Gasteiger partial charge in [0.25, 0.3) is 0 Å². The maximum absolute atomic E-state index is 12.8. The van der Waals surface area contributed by atoms with Crippen LogP contribution in [0.4, 0.5) is 0 Å². The van der Waals surface area contributed by atoms with Gasteiger partial charge in [-0.2, -0.15) is 0 Å². The Kier molecular flexibility index (Phi) is 9.22. The Morgan fingerprint density at radius 3 is 1.97 bits per heavy atom. The van der Waals surface area contributed by atoms with E-state index >= 15 is 0 Å². The molecule has 0 aromatic heterocycles. The monoisotopic (exact) mass is 426 g/mol. The molecule has 8 heteroatoms. The molecule has 0 bridgehead atoms. The fourth-order valence-corrected chi connectivity index (χ4v) is 2.88. The van der Waals surface area contributed by atoms with Crippen LogP contribution in [0.25, 0.3) is 0 Å². The Balaban J connectivity index is 2.02. The summed E-state index contributed by atoms with van der Waals surface area (Å²) in [6.45, 7) is 1.28. The Morgan fingerprint density at radius 1 is 0.839 bits per heavy atom. The molecule has 0 aliphatic rings. The van der Waals surface area contributed by atoms with Gasteiger partial charge < -0.3 is 20.1 Å². The van der Waals surface area contributed by atoms with E-state index in [4.69, 9.17) is 9.47 Å². The van der Waals surface area contributed by atoms with Crippen LogP contribution in [0.15, 0.2) is 60.7 Å². The molecule has 8 nitrogen and oxygen atoms in total. The van der Waals surface area contributed by atoms with Gasteiger partial charge in [-0.1, -0.05) is 60.7 Å². The first kappa shape index (κ1) is 23.6. The van der Waals surface area contributed by atoms with Crippen molar-refractivity contribution in [2.75, 3.05) is 7.11 Å². The predicted molar refractivity (Wildman–Crippen MR) is 113 cm³/mol. The van der Waals surface area contributed by atoms with Gasteiger partial charge in [0.2, 0.25) is 11.8 Å². The third kappa shape index (κ3) is 8.30. The van der Waals surface area contributed by atoms with E-state index in [9.17, 15) is 19.2 Å². The molecule has 0 aliphatic carbocycles. The minimum atomic E-state index is -1.19. The van der Waals surface area contributed by atoms with Crippen molar-refractivity contribution in [3.63, 3.8) is 0 Å². The predicted octanol–water partition coefficient (Wildman–Crippen LogP) is 1.53. The number of carbonyl (C=O) groups is 4. The van der Waals surface area contributed by atoms with E-state index in [2.05, 4.69) is 10.6 Å². The van der Waals surface area contributed by atoms with Gasteiger partial charge in [-0.25, -0.2) is 4.79 Å². The summed E-state index contributed by atoms with van der Waals surface area (Å²) in [5, 5.41) is 5.00. The third-order valence-electron chi connectivity index (χ3n) is 4.39. The molecule has 2 aromatic rings. The topological polar surface area (TPSA) is 111 Å². The molecule has 2 rings (SSSR count). The second-order valence-electron chi connectivity index (χ2n) is 6.88. The Labute approximate surface area is 180 Å². The fraction of sp³-hybridized carbons (Fsp3) is 0.304. The van der Waals surface area contributed by atoms with Crippen molar-refractivity contribution in [3.8, 4) is 0 Å². The number of methoxy groups -OCH3 is 1. The first-order valence-corrected chi connectivity index (χ1v) is 9.77. The number of esters is 2. The Bertz CT molecular complexity index is 885. The summed E-state index contributed by atoms with van der Waals surface area (Å²) in [5.74, 6) is -2.47. The zero-order valence-corrected chi connectivity index (χ0v) is 17.5. The first-order valence-electron chi connectivity index (χ1n) is 9.77. The average molecular weight is 426 g/mol. The molecule has 2 aromatic carbocycles. The van der Waals surface area contributed by atoms with Gasteiger partial charge in [0.1, 0.15) is 18.7 Å². The van der Waals surface area contributed by atoms with E-state index in [1.165, 1.54) is 14.0 Å². The van der Waals surface area contributed by atoms with E-state index in [0.717, 1.165) is 11.1 Å². The van der Waals surface area contributed by atoms with Crippen LogP contribution in [0.5, 0.6) is 0 Å². The molecule has 0 fully saturated rings. The van der Waals surface area contributed by atoms with Crippen molar-refractivity contribution in [1.82, 2.24) is 10.6 Å². The smallest absolute Gasteiger partial charge is 0.328 e. The molecule has 2 amide bonds. The highest BCUT2D eigenvalue weighted by Crippen LogP contribution is 2.07. The largest absolute Gasteiger partial charge is 0.467 e. The number of ether oxygens (including phenoxy) is 2. The molecule has 0 saturated carbocycles. The average Bonchev–Trinajstić information content (AvgIpc) is 2.77. The minimum absolute atomic E-state index is 0.0485. The second kappa shape index (κ2) is 12.1. The highest BCUT2D eigenvalue weighted by molar-refractivity contribution is 5.93. The molecule has 0 spiro atoms. The number of carbonyl (C=O) groups excluding carboxylic acids is 4. The van der Waals surface area contributed by atoms with Crippen molar-refractivity contribution in [2.24, 2.45) is 0 Å². The normalized spacial score (nSPS) is 12.2. The van der Waals surface area contributed by atoms with Gasteiger partial charge in [-0.15, -0.1) is 0 Å². The van der Waals surface area contributed by atoms with Gasteiger partial charge in [0, 0.05) is 13.3 Å². The third-order valence-corrected chi connectivity index (χ3v) is 4.39. The maximum atomic E-state index is 12.8. The van der Waals surface area contributed by atoms with Crippen LogP contribution in [0, 0.1) is 0 Å². The summed E-state index contributed by atoms with van der Waals surface area (Å²) in [7, 11) is 1.22. The lowest BCUT2D eigenvalue weighted by atomic mass is 10.0. The second-order valence-corrected chi connectivity index (χ2v) is 6.88.